The number of nitrogens with zero attached hydrogens (tertiary/aromatic N) is 2. The Morgan fingerprint density at radius 3 is 2.35 bits per heavy atom. The molecular formula is C13H8FN3O6. The van der Waals surface area contributed by atoms with Crippen LogP contribution in [0.5, 0.6) is 5.75 Å². The summed E-state index contributed by atoms with van der Waals surface area (Å²) in [6.45, 7) is 0. The second-order valence-electron chi connectivity index (χ2n) is 4.19. The molecule has 0 saturated carbocycles. The fourth-order valence-electron chi connectivity index (χ4n) is 1.63. The Morgan fingerprint density at radius 2 is 1.70 bits per heavy atom. The van der Waals surface area contributed by atoms with E-state index in [0.29, 0.717) is 0 Å². The minimum atomic E-state index is -1.15. The average Bonchev–Trinajstić information content (AvgIpc) is 2.49. The molecule has 0 aliphatic carbocycles. The third-order valence-corrected chi connectivity index (χ3v) is 2.64. The number of nitro benzene ring substituents is 2. The first-order valence-corrected chi connectivity index (χ1v) is 6.04. The quantitative estimate of drug-likeness (QED) is 0.680. The lowest BCUT2D eigenvalue weighted by Crippen LogP contribution is -2.17. The fraction of sp³-hybridized carbons (Fsp3) is 0. The summed E-state index contributed by atoms with van der Waals surface area (Å²) in [7, 11) is 0. The summed E-state index contributed by atoms with van der Waals surface area (Å²) in [5.74, 6) is -1.03. The maximum Gasteiger partial charge on any atom is 0.417 e. The van der Waals surface area contributed by atoms with Crippen LogP contribution in [0.4, 0.5) is 26.2 Å². The summed E-state index contributed by atoms with van der Waals surface area (Å²) in [5.41, 5.74) is -1.16. The maximum absolute atomic E-state index is 13.5. The molecule has 0 unspecified atom stereocenters. The van der Waals surface area contributed by atoms with E-state index in [4.69, 9.17) is 4.74 Å². The van der Waals surface area contributed by atoms with Crippen LogP contribution in [-0.2, 0) is 0 Å². The van der Waals surface area contributed by atoms with Crippen molar-refractivity contribution < 1.29 is 23.8 Å². The highest BCUT2D eigenvalue weighted by Gasteiger charge is 2.15. The molecule has 0 aliphatic rings. The molecule has 118 valence electrons. The van der Waals surface area contributed by atoms with Crippen LogP contribution < -0.4 is 10.1 Å². The molecule has 0 spiro atoms. The van der Waals surface area contributed by atoms with Crippen LogP contribution in [0.25, 0.3) is 0 Å². The first kappa shape index (κ1) is 15.8. The van der Waals surface area contributed by atoms with Crippen molar-refractivity contribution in [2.75, 3.05) is 5.32 Å². The largest absolute Gasteiger partial charge is 0.417 e. The predicted molar refractivity (Wildman–Crippen MR) is 75.8 cm³/mol. The van der Waals surface area contributed by atoms with Gasteiger partial charge in [0.2, 0.25) is 0 Å². The van der Waals surface area contributed by atoms with Crippen LogP contribution in [0.2, 0.25) is 0 Å². The molecule has 1 N–H and O–H groups in total. The van der Waals surface area contributed by atoms with E-state index >= 15 is 0 Å². The summed E-state index contributed by atoms with van der Waals surface area (Å²) in [6, 6.07) is 7.37. The Hall–Kier alpha value is -3.56. The molecular weight excluding hydrogens is 313 g/mol. The molecule has 1 amide bonds. The number of rotatable bonds is 4. The van der Waals surface area contributed by atoms with Gasteiger partial charge in [-0.3, -0.25) is 25.5 Å². The Morgan fingerprint density at radius 1 is 1.04 bits per heavy atom. The predicted octanol–water partition coefficient (Wildman–Crippen LogP) is 3.25. The number of benzene rings is 2. The van der Waals surface area contributed by atoms with Gasteiger partial charge in [0, 0.05) is 18.2 Å². The molecule has 0 atom stereocenters. The normalized spacial score (nSPS) is 9.96. The van der Waals surface area contributed by atoms with Gasteiger partial charge in [0.05, 0.1) is 21.6 Å². The van der Waals surface area contributed by atoms with Gasteiger partial charge in [-0.25, -0.2) is 9.18 Å². The van der Waals surface area contributed by atoms with E-state index in [-0.39, 0.29) is 11.4 Å². The molecule has 0 bridgehead atoms. The zero-order valence-corrected chi connectivity index (χ0v) is 11.3. The van der Waals surface area contributed by atoms with Gasteiger partial charge in [0.1, 0.15) is 11.6 Å². The number of carbonyl (C=O) groups is 1. The second-order valence-corrected chi connectivity index (χ2v) is 4.19. The summed E-state index contributed by atoms with van der Waals surface area (Å²) in [5, 5.41) is 23.2. The molecule has 0 fully saturated rings. The van der Waals surface area contributed by atoms with E-state index in [1.54, 1.807) is 0 Å². The van der Waals surface area contributed by atoms with Gasteiger partial charge in [-0.05, 0) is 12.1 Å². The van der Waals surface area contributed by atoms with Crippen molar-refractivity contribution in [3.63, 3.8) is 0 Å². The average molecular weight is 321 g/mol. The summed E-state index contributed by atoms with van der Waals surface area (Å²) < 4.78 is 18.3. The molecule has 0 aromatic heterocycles. The number of hydrogen-bond donors (Lipinski definition) is 1. The number of anilines is 1. The van der Waals surface area contributed by atoms with Crippen molar-refractivity contribution >= 4 is 23.2 Å². The number of halogens is 1. The van der Waals surface area contributed by atoms with E-state index < -0.39 is 33.1 Å². The highest BCUT2D eigenvalue weighted by molar-refractivity contribution is 5.87. The van der Waals surface area contributed by atoms with Crippen LogP contribution in [0, 0.1) is 26.0 Å². The minimum absolute atomic E-state index is 0.137. The lowest BCUT2D eigenvalue weighted by atomic mass is 10.2. The standard InChI is InChI=1S/C13H8FN3O6/c14-11-5-4-9(17(21)22)7-12(11)15-13(18)23-10-3-1-2-8(6-10)16(19)20/h1-7H,(H,15,18). The van der Waals surface area contributed by atoms with E-state index in [9.17, 15) is 29.4 Å². The second kappa shape index (κ2) is 6.47. The Balaban J connectivity index is 2.14. The number of non-ortho nitro benzene ring substituents is 2. The van der Waals surface area contributed by atoms with Gasteiger partial charge in [0.15, 0.2) is 0 Å². The Bertz CT molecular complexity index is 795. The maximum atomic E-state index is 13.5. The van der Waals surface area contributed by atoms with E-state index in [1.165, 1.54) is 18.2 Å². The lowest BCUT2D eigenvalue weighted by Gasteiger charge is -2.07. The molecule has 0 radical (unpaired) electrons. The van der Waals surface area contributed by atoms with Crippen molar-refractivity contribution in [1.82, 2.24) is 0 Å². The highest BCUT2D eigenvalue weighted by atomic mass is 19.1. The van der Waals surface area contributed by atoms with E-state index in [0.717, 1.165) is 24.3 Å². The van der Waals surface area contributed by atoms with Crippen molar-refractivity contribution in [1.29, 1.82) is 0 Å². The van der Waals surface area contributed by atoms with Gasteiger partial charge in [-0.1, -0.05) is 6.07 Å². The fourth-order valence-corrected chi connectivity index (χ4v) is 1.63. The molecule has 2 rings (SSSR count). The number of hydrogen-bond acceptors (Lipinski definition) is 6. The zero-order chi connectivity index (χ0) is 17.0. The van der Waals surface area contributed by atoms with E-state index in [2.05, 4.69) is 0 Å². The number of amides is 1. The van der Waals surface area contributed by atoms with Crippen molar-refractivity contribution in [2.45, 2.75) is 0 Å². The number of ether oxygens (including phenoxy) is 1. The molecule has 23 heavy (non-hydrogen) atoms. The van der Waals surface area contributed by atoms with Crippen LogP contribution in [0.15, 0.2) is 42.5 Å². The first-order valence-electron chi connectivity index (χ1n) is 6.04. The Kier molecular flexibility index (Phi) is 4.45. The van der Waals surface area contributed by atoms with Gasteiger partial charge >= 0.3 is 6.09 Å². The van der Waals surface area contributed by atoms with Crippen LogP contribution >= 0.6 is 0 Å². The van der Waals surface area contributed by atoms with Crippen molar-refractivity contribution in [2.24, 2.45) is 0 Å². The SMILES string of the molecule is O=C(Nc1cc([N+](=O)[O-])ccc1F)Oc1cccc([N+](=O)[O-])c1. The topological polar surface area (TPSA) is 125 Å². The zero-order valence-electron chi connectivity index (χ0n) is 11.3. The Labute approximate surface area is 127 Å². The first-order chi connectivity index (χ1) is 10.9. The lowest BCUT2D eigenvalue weighted by molar-refractivity contribution is -0.385. The van der Waals surface area contributed by atoms with Gasteiger partial charge in [-0.2, -0.15) is 0 Å². The van der Waals surface area contributed by atoms with Crippen molar-refractivity contribution in [3.8, 4) is 5.75 Å². The van der Waals surface area contributed by atoms with Gasteiger partial charge in [-0.15, -0.1) is 0 Å². The molecule has 2 aromatic carbocycles. The van der Waals surface area contributed by atoms with Crippen LogP contribution in [0.1, 0.15) is 0 Å². The van der Waals surface area contributed by atoms with Crippen LogP contribution in [0.3, 0.4) is 0 Å². The summed E-state index contributed by atoms with van der Waals surface area (Å²) in [6.07, 6.45) is -1.15. The number of nitro groups is 2. The molecule has 2 aromatic rings. The van der Waals surface area contributed by atoms with Gasteiger partial charge < -0.3 is 4.74 Å². The number of nitrogens with one attached hydrogen (secondary N) is 1. The van der Waals surface area contributed by atoms with Gasteiger partial charge in [0.25, 0.3) is 11.4 Å². The molecule has 0 aliphatic heterocycles. The minimum Gasteiger partial charge on any atom is -0.410 e. The highest BCUT2D eigenvalue weighted by Crippen LogP contribution is 2.23. The molecule has 9 nitrogen and oxygen atoms in total. The summed E-state index contributed by atoms with van der Waals surface area (Å²) in [4.78, 5) is 31.5. The molecule has 0 saturated heterocycles. The molecule has 10 heteroatoms. The third-order valence-electron chi connectivity index (χ3n) is 2.64. The van der Waals surface area contributed by atoms with Crippen LogP contribution in [-0.4, -0.2) is 15.9 Å². The third kappa shape index (κ3) is 3.97. The molecule has 0 heterocycles. The van der Waals surface area contributed by atoms with Crippen molar-refractivity contribution in [3.05, 3.63) is 68.5 Å². The number of carbonyl (C=O) groups excluding carboxylic acids is 1. The van der Waals surface area contributed by atoms with E-state index in [1.807, 2.05) is 5.32 Å². The summed E-state index contributed by atoms with van der Waals surface area (Å²) >= 11 is 0. The monoisotopic (exact) mass is 321 g/mol. The smallest absolute Gasteiger partial charge is 0.410 e.